The number of piperidine rings is 1. The zero-order valence-corrected chi connectivity index (χ0v) is 12.5. The SMILES string of the molecule is COc1ccc2nccc(NC(=O)ON3CCCCC3)c2c1. The Balaban J connectivity index is 1.76. The number of pyridine rings is 1. The lowest BCUT2D eigenvalue weighted by Crippen LogP contribution is -2.34. The number of nitrogens with zero attached hydrogens (tertiary/aromatic N) is 2. The summed E-state index contributed by atoms with van der Waals surface area (Å²) < 4.78 is 5.22. The van der Waals surface area contributed by atoms with E-state index in [0.717, 1.165) is 36.8 Å². The summed E-state index contributed by atoms with van der Waals surface area (Å²) in [6, 6.07) is 7.29. The van der Waals surface area contributed by atoms with E-state index in [9.17, 15) is 4.79 Å². The Morgan fingerprint density at radius 1 is 1.23 bits per heavy atom. The molecule has 0 aliphatic carbocycles. The number of hydrogen-bond donors (Lipinski definition) is 1. The van der Waals surface area contributed by atoms with Crippen LogP contribution in [-0.4, -0.2) is 36.3 Å². The monoisotopic (exact) mass is 301 g/mol. The van der Waals surface area contributed by atoms with Gasteiger partial charge < -0.3 is 9.57 Å². The molecule has 1 aliphatic rings. The molecule has 22 heavy (non-hydrogen) atoms. The largest absolute Gasteiger partial charge is 0.497 e. The van der Waals surface area contributed by atoms with Gasteiger partial charge in [-0.25, -0.2) is 4.79 Å². The molecule has 116 valence electrons. The van der Waals surface area contributed by atoms with Crippen molar-refractivity contribution >= 4 is 22.7 Å². The minimum absolute atomic E-state index is 0.475. The molecular weight excluding hydrogens is 282 g/mol. The summed E-state index contributed by atoms with van der Waals surface area (Å²) >= 11 is 0. The van der Waals surface area contributed by atoms with Crippen molar-refractivity contribution in [1.29, 1.82) is 0 Å². The van der Waals surface area contributed by atoms with Crippen LogP contribution in [0.25, 0.3) is 10.9 Å². The van der Waals surface area contributed by atoms with Gasteiger partial charge in [-0.05, 0) is 37.1 Å². The molecule has 6 nitrogen and oxygen atoms in total. The van der Waals surface area contributed by atoms with Crippen LogP contribution in [-0.2, 0) is 4.84 Å². The van der Waals surface area contributed by atoms with Crippen molar-refractivity contribution in [3.63, 3.8) is 0 Å². The summed E-state index contributed by atoms with van der Waals surface area (Å²) in [6.45, 7) is 1.58. The Kier molecular flexibility index (Phi) is 4.39. The maximum atomic E-state index is 12.1. The van der Waals surface area contributed by atoms with Crippen molar-refractivity contribution in [3.05, 3.63) is 30.5 Å². The fourth-order valence-corrected chi connectivity index (χ4v) is 2.57. The fourth-order valence-electron chi connectivity index (χ4n) is 2.57. The first-order valence-electron chi connectivity index (χ1n) is 7.43. The molecular formula is C16H19N3O3. The molecule has 2 aromatic rings. The highest BCUT2D eigenvalue weighted by atomic mass is 16.7. The average Bonchev–Trinajstić information content (AvgIpc) is 2.55. The number of ether oxygens (including phenoxy) is 1. The number of amides is 1. The second-order valence-corrected chi connectivity index (χ2v) is 5.24. The van der Waals surface area contributed by atoms with E-state index >= 15 is 0 Å². The lowest BCUT2D eigenvalue weighted by molar-refractivity contribution is -0.105. The second kappa shape index (κ2) is 6.62. The molecule has 1 amide bonds. The Bertz CT molecular complexity index is 669. The van der Waals surface area contributed by atoms with Crippen LogP contribution in [0.15, 0.2) is 30.5 Å². The number of nitrogens with one attached hydrogen (secondary N) is 1. The van der Waals surface area contributed by atoms with E-state index < -0.39 is 6.09 Å². The minimum Gasteiger partial charge on any atom is -0.497 e. The summed E-state index contributed by atoms with van der Waals surface area (Å²) in [6.07, 6.45) is 4.49. The third-order valence-electron chi connectivity index (χ3n) is 3.71. The van der Waals surface area contributed by atoms with Gasteiger partial charge in [0.25, 0.3) is 0 Å². The molecule has 0 radical (unpaired) electrons. The Morgan fingerprint density at radius 3 is 2.82 bits per heavy atom. The number of hydroxylamine groups is 2. The van der Waals surface area contributed by atoms with Crippen molar-refractivity contribution in [1.82, 2.24) is 10.0 Å². The highest BCUT2D eigenvalue weighted by Gasteiger charge is 2.16. The van der Waals surface area contributed by atoms with Crippen LogP contribution in [0.2, 0.25) is 0 Å². The normalized spacial score (nSPS) is 15.5. The molecule has 1 aliphatic heterocycles. The molecule has 0 atom stereocenters. The maximum Gasteiger partial charge on any atom is 0.430 e. The topological polar surface area (TPSA) is 63.7 Å². The number of methoxy groups -OCH3 is 1. The third-order valence-corrected chi connectivity index (χ3v) is 3.71. The van der Waals surface area contributed by atoms with Gasteiger partial charge >= 0.3 is 6.09 Å². The first kappa shape index (κ1) is 14.6. The molecule has 2 heterocycles. The molecule has 0 saturated carbocycles. The summed E-state index contributed by atoms with van der Waals surface area (Å²) in [5, 5.41) is 5.31. The number of fused-ring (bicyclic) bond motifs is 1. The van der Waals surface area contributed by atoms with Crippen molar-refractivity contribution in [2.45, 2.75) is 19.3 Å². The van der Waals surface area contributed by atoms with Gasteiger partial charge in [-0.2, -0.15) is 0 Å². The molecule has 1 saturated heterocycles. The highest BCUT2D eigenvalue weighted by molar-refractivity contribution is 5.98. The lowest BCUT2D eigenvalue weighted by Gasteiger charge is -2.24. The summed E-state index contributed by atoms with van der Waals surface area (Å²) in [4.78, 5) is 21.7. The number of rotatable bonds is 3. The van der Waals surface area contributed by atoms with Gasteiger partial charge in [-0.3, -0.25) is 10.3 Å². The van der Waals surface area contributed by atoms with Gasteiger partial charge in [0.15, 0.2) is 0 Å². The molecule has 1 fully saturated rings. The fraction of sp³-hybridized carbons (Fsp3) is 0.375. The zero-order valence-electron chi connectivity index (χ0n) is 12.5. The number of hydrogen-bond acceptors (Lipinski definition) is 5. The van der Waals surface area contributed by atoms with Gasteiger partial charge in [0.1, 0.15) is 5.75 Å². The summed E-state index contributed by atoms with van der Waals surface area (Å²) in [7, 11) is 1.61. The van der Waals surface area contributed by atoms with Crippen LogP contribution >= 0.6 is 0 Å². The lowest BCUT2D eigenvalue weighted by atomic mass is 10.2. The van der Waals surface area contributed by atoms with Gasteiger partial charge in [-0.1, -0.05) is 6.42 Å². The Morgan fingerprint density at radius 2 is 2.05 bits per heavy atom. The quantitative estimate of drug-likeness (QED) is 0.943. The molecule has 0 unspecified atom stereocenters. The highest BCUT2D eigenvalue weighted by Crippen LogP contribution is 2.26. The Labute approximate surface area is 129 Å². The van der Waals surface area contributed by atoms with Crippen molar-refractivity contribution in [2.24, 2.45) is 0 Å². The van der Waals surface area contributed by atoms with E-state index in [4.69, 9.17) is 9.57 Å². The Hall–Kier alpha value is -2.34. The number of aromatic nitrogens is 1. The van der Waals surface area contributed by atoms with E-state index in [1.54, 1.807) is 24.4 Å². The van der Waals surface area contributed by atoms with Gasteiger partial charge in [0.2, 0.25) is 0 Å². The molecule has 1 N–H and O–H groups in total. The predicted molar refractivity (Wildman–Crippen MR) is 83.8 cm³/mol. The molecule has 0 spiro atoms. The summed E-state index contributed by atoms with van der Waals surface area (Å²) in [5.74, 6) is 0.716. The first-order valence-corrected chi connectivity index (χ1v) is 7.43. The van der Waals surface area contributed by atoms with E-state index in [1.165, 1.54) is 6.42 Å². The molecule has 6 heteroatoms. The van der Waals surface area contributed by atoms with E-state index in [1.807, 2.05) is 18.2 Å². The number of carbonyl (C=O) groups excluding carboxylic acids is 1. The molecule has 1 aromatic carbocycles. The van der Waals surface area contributed by atoms with Crippen LogP contribution in [0.3, 0.4) is 0 Å². The van der Waals surface area contributed by atoms with Gasteiger partial charge in [0, 0.05) is 24.7 Å². The van der Waals surface area contributed by atoms with Crippen molar-refractivity contribution in [3.8, 4) is 5.75 Å². The number of carbonyl (C=O) groups is 1. The van der Waals surface area contributed by atoms with Crippen molar-refractivity contribution in [2.75, 3.05) is 25.5 Å². The van der Waals surface area contributed by atoms with Crippen LogP contribution in [0, 0.1) is 0 Å². The predicted octanol–water partition coefficient (Wildman–Crippen LogP) is 3.19. The second-order valence-electron chi connectivity index (χ2n) is 5.24. The van der Waals surface area contributed by atoms with Crippen LogP contribution in [0.1, 0.15) is 19.3 Å². The van der Waals surface area contributed by atoms with E-state index in [-0.39, 0.29) is 0 Å². The molecule has 1 aromatic heterocycles. The molecule has 0 bridgehead atoms. The van der Waals surface area contributed by atoms with E-state index in [2.05, 4.69) is 10.3 Å². The van der Waals surface area contributed by atoms with Gasteiger partial charge in [-0.15, -0.1) is 5.06 Å². The maximum absolute atomic E-state index is 12.1. The summed E-state index contributed by atoms with van der Waals surface area (Å²) in [5.41, 5.74) is 1.45. The molecule has 3 rings (SSSR count). The number of anilines is 1. The van der Waals surface area contributed by atoms with Crippen LogP contribution in [0.4, 0.5) is 10.5 Å². The zero-order chi connectivity index (χ0) is 15.4. The van der Waals surface area contributed by atoms with Gasteiger partial charge in [0.05, 0.1) is 18.3 Å². The van der Waals surface area contributed by atoms with Crippen molar-refractivity contribution < 1.29 is 14.4 Å². The van der Waals surface area contributed by atoms with Crippen LogP contribution in [0.5, 0.6) is 5.75 Å². The first-order chi connectivity index (χ1) is 10.8. The minimum atomic E-state index is -0.475. The third kappa shape index (κ3) is 3.28. The average molecular weight is 301 g/mol. The van der Waals surface area contributed by atoms with Crippen LogP contribution < -0.4 is 10.1 Å². The smallest absolute Gasteiger partial charge is 0.430 e. The number of benzene rings is 1. The van der Waals surface area contributed by atoms with E-state index in [0.29, 0.717) is 11.4 Å². The standard InChI is InChI=1S/C16H19N3O3/c1-21-12-5-6-14-13(11-12)15(7-8-17-14)18-16(20)22-19-9-3-2-4-10-19/h5-8,11H,2-4,9-10H2,1H3,(H,17,18,20).